The molecule has 2 aromatic rings. The van der Waals surface area contributed by atoms with E-state index in [0.29, 0.717) is 16.7 Å². The number of rotatable bonds is 3. The fraction of sp³-hybridized carbons (Fsp3) is 0.357. The number of aromatic nitrogens is 2. The Hall–Kier alpha value is -1.52. The molecule has 4 nitrogen and oxygen atoms in total. The lowest BCUT2D eigenvalue weighted by molar-refractivity contribution is 0.415. The van der Waals surface area contributed by atoms with E-state index >= 15 is 0 Å². The summed E-state index contributed by atoms with van der Waals surface area (Å²) >= 11 is 6.19. The van der Waals surface area contributed by atoms with Gasteiger partial charge in [0.2, 0.25) is 0 Å². The average Bonchev–Trinajstić information content (AvgIpc) is 3.09. The van der Waals surface area contributed by atoms with E-state index in [1.807, 2.05) is 30.7 Å². The molecule has 0 radical (unpaired) electrons. The van der Waals surface area contributed by atoms with Crippen molar-refractivity contribution in [3.05, 3.63) is 41.4 Å². The van der Waals surface area contributed by atoms with Gasteiger partial charge in [0.25, 0.3) is 0 Å². The Kier molecular flexibility index (Phi) is 3.44. The number of methoxy groups -OCH3 is 1. The molecule has 100 valence electrons. The summed E-state index contributed by atoms with van der Waals surface area (Å²) in [6.07, 6.45) is 4.93. The van der Waals surface area contributed by atoms with Gasteiger partial charge in [-0.05, 0) is 31.2 Å². The molecule has 0 spiro atoms. The molecule has 0 bridgehead atoms. The summed E-state index contributed by atoms with van der Waals surface area (Å²) < 4.78 is 7.28. The second-order valence-electron chi connectivity index (χ2n) is 4.70. The first-order valence-corrected chi connectivity index (χ1v) is 6.74. The molecule has 1 atom stereocenters. The van der Waals surface area contributed by atoms with Crippen molar-refractivity contribution in [3.63, 3.8) is 0 Å². The smallest absolute Gasteiger partial charge is 0.137 e. The van der Waals surface area contributed by atoms with Gasteiger partial charge < -0.3 is 14.6 Å². The van der Waals surface area contributed by atoms with Crippen LogP contribution in [-0.4, -0.2) is 29.8 Å². The van der Waals surface area contributed by atoms with Gasteiger partial charge in [-0.15, -0.1) is 0 Å². The van der Waals surface area contributed by atoms with Crippen LogP contribution in [-0.2, 0) is 0 Å². The van der Waals surface area contributed by atoms with E-state index in [1.165, 1.54) is 5.69 Å². The van der Waals surface area contributed by atoms with Crippen LogP contribution >= 0.6 is 11.6 Å². The molecule has 2 heterocycles. The van der Waals surface area contributed by atoms with E-state index in [9.17, 15) is 0 Å². The highest BCUT2D eigenvalue weighted by atomic mass is 35.5. The van der Waals surface area contributed by atoms with Gasteiger partial charge in [0.15, 0.2) is 0 Å². The maximum atomic E-state index is 6.19. The monoisotopic (exact) mass is 277 g/mol. The van der Waals surface area contributed by atoms with Crippen LogP contribution in [0.3, 0.4) is 0 Å². The van der Waals surface area contributed by atoms with Gasteiger partial charge in [0.1, 0.15) is 5.75 Å². The van der Waals surface area contributed by atoms with Crippen molar-refractivity contribution in [1.82, 2.24) is 14.9 Å². The number of hydrogen-bond acceptors (Lipinski definition) is 3. The zero-order chi connectivity index (χ0) is 13.2. The summed E-state index contributed by atoms with van der Waals surface area (Å²) in [4.78, 5) is 4.28. The van der Waals surface area contributed by atoms with Crippen LogP contribution < -0.4 is 10.1 Å². The van der Waals surface area contributed by atoms with E-state index in [-0.39, 0.29) is 0 Å². The van der Waals surface area contributed by atoms with Crippen LogP contribution in [0.25, 0.3) is 5.69 Å². The fourth-order valence-corrected chi connectivity index (χ4v) is 2.79. The minimum absolute atomic E-state index is 0.517. The first-order chi connectivity index (χ1) is 9.29. The van der Waals surface area contributed by atoms with Gasteiger partial charge in [-0.1, -0.05) is 11.6 Å². The lowest BCUT2D eigenvalue weighted by Crippen LogP contribution is -2.10. The van der Waals surface area contributed by atoms with Crippen molar-refractivity contribution in [2.24, 2.45) is 0 Å². The van der Waals surface area contributed by atoms with E-state index < -0.39 is 0 Å². The standard InChI is InChI=1S/C14H16ClN3O/c1-19-14-3-2-11(6-12(14)15)18-9-17-8-13(18)10-4-5-16-7-10/h2-3,6,8-10,16H,4-5,7H2,1H3. The first kappa shape index (κ1) is 12.5. The van der Waals surface area contributed by atoms with E-state index in [4.69, 9.17) is 16.3 Å². The third-order valence-electron chi connectivity index (χ3n) is 3.56. The lowest BCUT2D eigenvalue weighted by atomic mass is 10.1. The molecule has 3 rings (SSSR count). The maximum Gasteiger partial charge on any atom is 0.137 e. The molecule has 1 saturated heterocycles. The van der Waals surface area contributed by atoms with Gasteiger partial charge in [-0.3, -0.25) is 0 Å². The topological polar surface area (TPSA) is 39.1 Å². The Balaban J connectivity index is 1.98. The molecule has 1 aliphatic heterocycles. The summed E-state index contributed by atoms with van der Waals surface area (Å²) in [6.45, 7) is 2.08. The quantitative estimate of drug-likeness (QED) is 0.937. The van der Waals surface area contributed by atoms with Crippen molar-refractivity contribution in [1.29, 1.82) is 0 Å². The number of nitrogens with zero attached hydrogens (tertiary/aromatic N) is 2. The summed E-state index contributed by atoms with van der Waals surface area (Å²) in [5.74, 6) is 1.21. The van der Waals surface area contributed by atoms with Crippen LogP contribution in [0.4, 0.5) is 0 Å². The van der Waals surface area contributed by atoms with E-state index in [1.54, 1.807) is 7.11 Å². The third kappa shape index (κ3) is 2.33. The molecule has 1 aromatic carbocycles. The molecule has 0 amide bonds. The number of benzene rings is 1. The maximum absolute atomic E-state index is 6.19. The molecular formula is C14H16ClN3O. The Morgan fingerprint density at radius 3 is 3.05 bits per heavy atom. The molecule has 1 fully saturated rings. The average molecular weight is 278 g/mol. The molecule has 1 aromatic heterocycles. The summed E-state index contributed by atoms with van der Waals surface area (Å²) in [6, 6.07) is 5.79. The Bertz CT molecular complexity index is 576. The Labute approximate surface area is 117 Å². The van der Waals surface area contributed by atoms with Crippen LogP contribution in [0, 0.1) is 0 Å². The van der Waals surface area contributed by atoms with E-state index in [2.05, 4.69) is 14.9 Å². The SMILES string of the molecule is COc1ccc(-n2cncc2C2CCNC2)cc1Cl. The van der Waals surface area contributed by atoms with Crippen molar-refractivity contribution in [3.8, 4) is 11.4 Å². The normalized spacial score (nSPS) is 18.7. The minimum atomic E-state index is 0.517. The molecule has 19 heavy (non-hydrogen) atoms. The molecular weight excluding hydrogens is 262 g/mol. The predicted molar refractivity (Wildman–Crippen MR) is 75.4 cm³/mol. The number of imidazole rings is 1. The van der Waals surface area contributed by atoms with Crippen LogP contribution in [0.1, 0.15) is 18.0 Å². The third-order valence-corrected chi connectivity index (χ3v) is 3.85. The highest BCUT2D eigenvalue weighted by molar-refractivity contribution is 6.32. The first-order valence-electron chi connectivity index (χ1n) is 6.36. The largest absolute Gasteiger partial charge is 0.495 e. The molecule has 0 aliphatic carbocycles. The second-order valence-corrected chi connectivity index (χ2v) is 5.10. The molecule has 1 unspecified atom stereocenters. The number of nitrogens with one attached hydrogen (secondary N) is 1. The van der Waals surface area contributed by atoms with Gasteiger partial charge in [0, 0.05) is 30.0 Å². The molecule has 0 saturated carbocycles. The number of hydrogen-bond donors (Lipinski definition) is 1. The zero-order valence-electron chi connectivity index (χ0n) is 10.8. The highest BCUT2D eigenvalue weighted by Crippen LogP contribution is 2.29. The van der Waals surface area contributed by atoms with Gasteiger partial charge in [0.05, 0.1) is 18.5 Å². The van der Waals surface area contributed by atoms with Crippen LogP contribution in [0.15, 0.2) is 30.7 Å². The summed E-state index contributed by atoms with van der Waals surface area (Å²) in [5, 5.41) is 4.00. The van der Waals surface area contributed by atoms with Crippen molar-refractivity contribution >= 4 is 11.6 Å². The highest BCUT2D eigenvalue weighted by Gasteiger charge is 2.20. The minimum Gasteiger partial charge on any atom is -0.495 e. The van der Waals surface area contributed by atoms with E-state index in [0.717, 1.165) is 25.2 Å². The van der Waals surface area contributed by atoms with Gasteiger partial charge >= 0.3 is 0 Å². The van der Waals surface area contributed by atoms with Crippen molar-refractivity contribution < 1.29 is 4.74 Å². The lowest BCUT2D eigenvalue weighted by Gasteiger charge is -2.14. The van der Waals surface area contributed by atoms with Crippen LogP contribution in [0.5, 0.6) is 5.75 Å². The van der Waals surface area contributed by atoms with Crippen LogP contribution in [0.2, 0.25) is 5.02 Å². The predicted octanol–water partition coefficient (Wildman–Crippen LogP) is 2.61. The molecule has 1 N–H and O–H groups in total. The molecule has 1 aliphatic rings. The zero-order valence-corrected chi connectivity index (χ0v) is 11.5. The summed E-state index contributed by atoms with van der Waals surface area (Å²) in [7, 11) is 1.62. The fourth-order valence-electron chi connectivity index (χ4n) is 2.54. The molecule has 5 heteroatoms. The van der Waals surface area contributed by atoms with Crippen molar-refractivity contribution in [2.75, 3.05) is 20.2 Å². The second kappa shape index (κ2) is 5.23. The van der Waals surface area contributed by atoms with Gasteiger partial charge in [-0.25, -0.2) is 4.98 Å². The van der Waals surface area contributed by atoms with Crippen molar-refractivity contribution in [2.45, 2.75) is 12.3 Å². The summed E-state index contributed by atoms with van der Waals surface area (Å²) in [5.41, 5.74) is 2.25. The van der Waals surface area contributed by atoms with Gasteiger partial charge in [-0.2, -0.15) is 0 Å². The number of ether oxygens (including phenoxy) is 1. The number of halogens is 1. The Morgan fingerprint density at radius 2 is 2.37 bits per heavy atom. The Morgan fingerprint density at radius 1 is 1.47 bits per heavy atom.